The minimum Gasteiger partial charge on any atom is -0.481 e. The molecular weight excluding hydrogens is 368 g/mol. The third-order valence-corrected chi connectivity index (χ3v) is 7.43. The second-order valence-corrected chi connectivity index (χ2v) is 9.06. The molecule has 0 heterocycles. The van der Waals surface area contributed by atoms with Gasteiger partial charge in [-0.25, -0.2) is 8.42 Å². The maximum absolute atomic E-state index is 12.6. The van der Waals surface area contributed by atoms with Crippen LogP contribution in [0.4, 0.5) is 0 Å². The molecule has 1 fully saturated rings. The van der Waals surface area contributed by atoms with Crippen LogP contribution in [0.3, 0.4) is 0 Å². The van der Waals surface area contributed by atoms with E-state index in [-0.39, 0.29) is 4.90 Å². The van der Waals surface area contributed by atoms with Crippen LogP contribution in [0.25, 0.3) is 0 Å². The quantitative estimate of drug-likeness (QED) is 0.737. The van der Waals surface area contributed by atoms with Crippen molar-refractivity contribution < 1.29 is 23.1 Å². The van der Waals surface area contributed by atoms with Crippen LogP contribution in [0.1, 0.15) is 56.8 Å². The van der Waals surface area contributed by atoms with Gasteiger partial charge in [0, 0.05) is 18.7 Å². The first kappa shape index (κ1) is 21.4. The van der Waals surface area contributed by atoms with Crippen LogP contribution in [0.5, 0.6) is 0 Å². The number of nitrogens with one attached hydrogen (secondary N) is 1. The summed E-state index contributed by atoms with van der Waals surface area (Å²) < 4.78 is 26.4. The van der Waals surface area contributed by atoms with Crippen molar-refractivity contribution in [2.75, 3.05) is 13.1 Å². The third-order valence-electron chi connectivity index (χ3n) is 5.36. The Morgan fingerprint density at radius 1 is 1.19 bits per heavy atom. The molecule has 0 saturated heterocycles. The maximum Gasteiger partial charge on any atom is 0.308 e. The van der Waals surface area contributed by atoms with Gasteiger partial charge in [0.05, 0.1) is 16.4 Å². The summed E-state index contributed by atoms with van der Waals surface area (Å²) >= 11 is 0. The molecular formula is C19H28N2O5S. The molecule has 1 saturated carbocycles. The van der Waals surface area contributed by atoms with Crippen LogP contribution in [0.2, 0.25) is 0 Å². The number of benzene rings is 1. The van der Waals surface area contributed by atoms with Gasteiger partial charge in [-0.05, 0) is 44.0 Å². The number of carbonyl (C=O) groups excluding carboxylic acids is 1. The SMILES string of the molecule is CCN(CC)S(=O)(=O)c1ccc(C(=O)NC2(C)CCCCC2C(=O)O)cc1. The number of hydrogen-bond donors (Lipinski definition) is 2. The van der Waals surface area contributed by atoms with Crippen molar-refractivity contribution >= 4 is 21.9 Å². The number of nitrogens with zero attached hydrogens (tertiary/aromatic N) is 1. The van der Waals surface area contributed by atoms with Crippen LogP contribution in [-0.4, -0.2) is 48.3 Å². The van der Waals surface area contributed by atoms with E-state index in [2.05, 4.69) is 5.32 Å². The van der Waals surface area contributed by atoms with E-state index in [0.717, 1.165) is 12.8 Å². The highest BCUT2D eigenvalue weighted by atomic mass is 32.2. The lowest BCUT2D eigenvalue weighted by molar-refractivity contribution is -0.145. The van der Waals surface area contributed by atoms with Crippen molar-refractivity contribution in [3.05, 3.63) is 29.8 Å². The van der Waals surface area contributed by atoms with E-state index in [0.29, 0.717) is 31.5 Å². The molecule has 1 aromatic carbocycles. The molecule has 0 aromatic heterocycles. The van der Waals surface area contributed by atoms with Crippen molar-refractivity contribution in [1.82, 2.24) is 9.62 Å². The lowest BCUT2D eigenvalue weighted by Crippen LogP contribution is -2.55. The summed E-state index contributed by atoms with van der Waals surface area (Å²) in [6, 6.07) is 5.77. The molecule has 1 aromatic rings. The van der Waals surface area contributed by atoms with E-state index in [4.69, 9.17) is 0 Å². The molecule has 7 nitrogen and oxygen atoms in total. The van der Waals surface area contributed by atoms with Gasteiger partial charge in [-0.2, -0.15) is 4.31 Å². The van der Waals surface area contributed by atoms with Gasteiger partial charge >= 0.3 is 5.97 Å². The molecule has 0 aliphatic heterocycles. The number of carboxylic acids is 1. The highest BCUT2D eigenvalue weighted by Gasteiger charge is 2.42. The second kappa shape index (κ2) is 8.39. The van der Waals surface area contributed by atoms with Gasteiger partial charge in [0.25, 0.3) is 5.91 Å². The van der Waals surface area contributed by atoms with E-state index >= 15 is 0 Å². The molecule has 1 amide bonds. The van der Waals surface area contributed by atoms with Gasteiger partial charge in [-0.1, -0.05) is 26.7 Å². The molecule has 2 unspecified atom stereocenters. The van der Waals surface area contributed by atoms with Gasteiger partial charge in [-0.15, -0.1) is 0 Å². The highest BCUT2D eigenvalue weighted by molar-refractivity contribution is 7.89. The van der Waals surface area contributed by atoms with Gasteiger partial charge in [-0.3, -0.25) is 9.59 Å². The maximum atomic E-state index is 12.6. The number of rotatable bonds is 7. The molecule has 1 aliphatic carbocycles. The van der Waals surface area contributed by atoms with E-state index in [1.165, 1.54) is 28.6 Å². The molecule has 2 N–H and O–H groups in total. The molecule has 8 heteroatoms. The Balaban J connectivity index is 2.19. The van der Waals surface area contributed by atoms with Crippen molar-refractivity contribution in [2.24, 2.45) is 5.92 Å². The summed E-state index contributed by atoms with van der Waals surface area (Å²) in [6.07, 6.45) is 2.83. The minimum atomic E-state index is -3.58. The smallest absolute Gasteiger partial charge is 0.308 e. The van der Waals surface area contributed by atoms with Gasteiger partial charge in [0.2, 0.25) is 10.0 Å². The topological polar surface area (TPSA) is 104 Å². The summed E-state index contributed by atoms with van der Waals surface area (Å²) in [5, 5.41) is 12.3. The molecule has 0 radical (unpaired) electrons. The number of carboxylic acid groups (broad SMARTS) is 1. The average molecular weight is 397 g/mol. The molecule has 27 heavy (non-hydrogen) atoms. The van der Waals surface area contributed by atoms with Crippen LogP contribution in [0, 0.1) is 5.92 Å². The third kappa shape index (κ3) is 4.50. The lowest BCUT2D eigenvalue weighted by atomic mass is 9.73. The largest absolute Gasteiger partial charge is 0.481 e. The Hall–Kier alpha value is -1.93. The molecule has 150 valence electrons. The number of amides is 1. The Kier molecular flexibility index (Phi) is 6.64. The van der Waals surface area contributed by atoms with E-state index in [1.54, 1.807) is 20.8 Å². The first-order valence-corrected chi connectivity index (χ1v) is 10.7. The summed E-state index contributed by atoms with van der Waals surface area (Å²) in [7, 11) is -3.58. The molecule has 0 spiro atoms. The fourth-order valence-corrected chi connectivity index (χ4v) is 5.16. The van der Waals surface area contributed by atoms with Crippen molar-refractivity contribution in [3.63, 3.8) is 0 Å². The Morgan fingerprint density at radius 2 is 1.78 bits per heavy atom. The standard InChI is InChI=1S/C19H28N2O5S/c1-4-21(5-2)27(25,26)15-11-9-14(10-12-15)17(22)20-19(3)13-7-6-8-16(19)18(23)24/h9-12,16H,4-8,13H2,1-3H3,(H,20,22)(H,23,24). The zero-order valence-corrected chi connectivity index (χ0v) is 16.9. The second-order valence-electron chi connectivity index (χ2n) is 7.12. The zero-order valence-electron chi connectivity index (χ0n) is 16.1. The number of aliphatic carboxylic acids is 1. The summed E-state index contributed by atoms with van der Waals surface area (Å²) in [5.41, 5.74) is -0.503. The van der Waals surface area contributed by atoms with E-state index in [9.17, 15) is 23.1 Å². The minimum absolute atomic E-state index is 0.134. The first-order valence-electron chi connectivity index (χ1n) is 9.31. The van der Waals surface area contributed by atoms with Crippen molar-refractivity contribution in [3.8, 4) is 0 Å². The average Bonchev–Trinajstić information content (AvgIpc) is 2.62. The Labute approximate surface area is 160 Å². The predicted octanol–water partition coefficient (Wildman–Crippen LogP) is 2.48. The van der Waals surface area contributed by atoms with Crippen molar-refractivity contribution in [2.45, 2.75) is 56.9 Å². The van der Waals surface area contributed by atoms with Crippen LogP contribution in [-0.2, 0) is 14.8 Å². The van der Waals surface area contributed by atoms with E-state index < -0.39 is 33.4 Å². The predicted molar refractivity (Wildman–Crippen MR) is 102 cm³/mol. The van der Waals surface area contributed by atoms with Gasteiger partial charge in [0.15, 0.2) is 0 Å². The number of carbonyl (C=O) groups is 2. The zero-order chi connectivity index (χ0) is 20.2. The Bertz CT molecular complexity index is 787. The van der Waals surface area contributed by atoms with Crippen molar-refractivity contribution in [1.29, 1.82) is 0 Å². The van der Waals surface area contributed by atoms with Crippen LogP contribution < -0.4 is 5.32 Å². The summed E-state index contributed by atoms with van der Waals surface area (Å²) in [4.78, 5) is 24.3. The van der Waals surface area contributed by atoms with Crippen LogP contribution in [0.15, 0.2) is 29.2 Å². The monoisotopic (exact) mass is 396 g/mol. The first-order chi connectivity index (χ1) is 12.7. The van der Waals surface area contributed by atoms with Gasteiger partial charge < -0.3 is 10.4 Å². The molecule has 2 atom stereocenters. The van der Waals surface area contributed by atoms with Gasteiger partial charge in [0.1, 0.15) is 0 Å². The number of hydrogen-bond acceptors (Lipinski definition) is 4. The summed E-state index contributed by atoms with van der Waals surface area (Å²) in [5.74, 6) is -1.92. The molecule has 2 rings (SSSR count). The molecule has 0 bridgehead atoms. The fourth-order valence-electron chi connectivity index (χ4n) is 3.70. The highest BCUT2D eigenvalue weighted by Crippen LogP contribution is 2.34. The van der Waals surface area contributed by atoms with Crippen LogP contribution >= 0.6 is 0 Å². The fraction of sp³-hybridized carbons (Fsp3) is 0.579. The Morgan fingerprint density at radius 3 is 2.30 bits per heavy atom. The van der Waals surface area contributed by atoms with E-state index in [1.807, 2.05) is 0 Å². The number of sulfonamides is 1. The molecule has 1 aliphatic rings. The summed E-state index contributed by atoms with van der Waals surface area (Å²) in [6.45, 7) is 6.05. The normalized spacial score (nSPS) is 23.2. The lowest BCUT2D eigenvalue weighted by Gasteiger charge is -2.39.